The molecule has 1 heterocycles. The maximum absolute atomic E-state index is 14.6. The summed E-state index contributed by atoms with van der Waals surface area (Å²) in [6.45, 7) is 2.34. The lowest BCUT2D eigenvalue weighted by Crippen LogP contribution is -2.33. The first-order valence-corrected chi connectivity index (χ1v) is 11.6. The number of imide groups is 1. The molecule has 1 saturated heterocycles. The molecule has 0 bridgehead atoms. The highest BCUT2D eigenvalue weighted by Crippen LogP contribution is 2.28. The molecule has 0 aliphatic carbocycles. The van der Waals surface area contributed by atoms with Crippen molar-refractivity contribution in [3.63, 3.8) is 0 Å². The number of nitrogens with zero attached hydrogens (tertiary/aromatic N) is 1. The number of halogens is 3. The summed E-state index contributed by atoms with van der Waals surface area (Å²) < 4.78 is 25.0. The highest BCUT2D eigenvalue weighted by atomic mass is 35.5. The van der Waals surface area contributed by atoms with E-state index < -0.39 is 11.9 Å². The number of rotatable bonds is 11. The monoisotopic (exact) mass is 510 g/mol. The number of likely N-dealkylation sites (tertiary alicyclic amines) is 1. The molecule has 10 heteroatoms. The van der Waals surface area contributed by atoms with Crippen molar-refractivity contribution in [2.24, 2.45) is 0 Å². The van der Waals surface area contributed by atoms with Gasteiger partial charge in [-0.05, 0) is 42.3 Å². The lowest BCUT2D eigenvalue weighted by atomic mass is 10.0. The second kappa shape index (κ2) is 12.1. The third kappa shape index (κ3) is 6.91. The van der Waals surface area contributed by atoms with Crippen LogP contribution in [-0.4, -0.2) is 42.4 Å². The average molecular weight is 511 g/mol. The average Bonchev–Trinajstić information content (AvgIpc) is 3.12. The molecule has 0 saturated carbocycles. The minimum atomic E-state index is -0.574. The van der Waals surface area contributed by atoms with E-state index in [1.54, 1.807) is 31.2 Å². The fourth-order valence-electron chi connectivity index (χ4n) is 3.56. The fraction of sp³-hybridized carbons (Fsp3) is 0.375. The van der Waals surface area contributed by atoms with Gasteiger partial charge in [-0.3, -0.25) is 19.3 Å². The van der Waals surface area contributed by atoms with Crippen molar-refractivity contribution in [3.05, 3.63) is 63.4 Å². The van der Waals surface area contributed by atoms with Gasteiger partial charge in [0.1, 0.15) is 6.61 Å². The summed E-state index contributed by atoms with van der Waals surface area (Å²) in [4.78, 5) is 36.5. The molecule has 1 unspecified atom stereocenters. The van der Waals surface area contributed by atoms with Crippen LogP contribution in [-0.2, 0) is 25.7 Å². The topological polar surface area (TPSA) is 84.9 Å². The van der Waals surface area contributed by atoms with E-state index in [-0.39, 0.29) is 69.1 Å². The number of carbonyl (C=O) groups is 3. The van der Waals surface area contributed by atoms with Gasteiger partial charge in [-0.2, -0.15) is 0 Å². The Kier molecular flexibility index (Phi) is 9.27. The summed E-state index contributed by atoms with van der Waals surface area (Å²) in [7, 11) is 0. The molecule has 0 radical (unpaired) electrons. The van der Waals surface area contributed by atoms with E-state index >= 15 is 0 Å². The number of ether oxygens (including phenoxy) is 2. The predicted octanol–water partition coefficient (Wildman–Crippen LogP) is 4.44. The van der Waals surface area contributed by atoms with Crippen LogP contribution in [0.3, 0.4) is 0 Å². The summed E-state index contributed by atoms with van der Waals surface area (Å²) in [5.41, 5.74) is 1.37. The zero-order chi connectivity index (χ0) is 24.7. The van der Waals surface area contributed by atoms with Gasteiger partial charge in [0.25, 0.3) is 0 Å². The van der Waals surface area contributed by atoms with Crippen LogP contribution in [0, 0.1) is 5.82 Å². The van der Waals surface area contributed by atoms with Crippen molar-refractivity contribution < 1.29 is 28.2 Å². The second-order valence-corrected chi connectivity index (χ2v) is 8.48. The number of carbonyl (C=O) groups excluding carboxylic acids is 3. The molecule has 1 N–H and O–H groups in total. The number of hydrogen-bond donors (Lipinski definition) is 1. The molecule has 2 aromatic rings. The first-order chi connectivity index (χ1) is 16.3. The van der Waals surface area contributed by atoms with E-state index in [1.807, 2.05) is 0 Å². The van der Waals surface area contributed by atoms with Crippen LogP contribution in [0.15, 0.2) is 36.4 Å². The molecule has 1 atom stereocenters. The van der Waals surface area contributed by atoms with Crippen molar-refractivity contribution >= 4 is 41.0 Å². The van der Waals surface area contributed by atoms with Crippen molar-refractivity contribution in [2.45, 2.75) is 38.8 Å². The van der Waals surface area contributed by atoms with Gasteiger partial charge in [-0.25, -0.2) is 4.39 Å². The van der Waals surface area contributed by atoms with Gasteiger partial charge in [0.05, 0.1) is 29.6 Å². The van der Waals surface area contributed by atoms with Crippen molar-refractivity contribution in [3.8, 4) is 5.75 Å². The SMILES string of the molecule is CCOC(=O)CC(NCc1ccc(OCCN2C(=O)CCC2=O)c(F)c1)c1ccc(Cl)c(Cl)c1. The lowest BCUT2D eigenvalue weighted by molar-refractivity contribution is -0.144. The summed E-state index contributed by atoms with van der Waals surface area (Å²) in [5, 5.41) is 3.99. The molecule has 34 heavy (non-hydrogen) atoms. The van der Waals surface area contributed by atoms with Gasteiger partial charge in [0.15, 0.2) is 11.6 Å². The van der Waals surface area contributed by atoms with Crippen molar-refractivity contribution in [2.75, 3.05) is 19.8 Å². The molecule has 2 aromatic carbocycles. The van der Waals surface area contributed by atoms with Crippen LogP contribution in [0.1, 0.15) is 43.4 Å². The molecular formula is C24H25Cl2FN2O5. The van der Waals surface area contributed by atoms with Gasteiger partial charge in [-0.15, -0.1) is 0 Å². The first-order valence-electron chi connectivity index (χ1n) is 10.9. The maximum atomic E-state index is 14.6. The Hall–Kier alpha value is -2.68. The van der Waals surface area contributed by atoms with Crippen LogP contribution >= 0.6 is 23.2 Å². The third-order valence-corrected chi connectivity index (χ3v) is 6.04. The smallest absolute Gasteiger partial charge is 0.307 e. The van der Waals surface area contributed by atoms with Crippen LogP contribution < -0.4 is 10.1 Å². The molecule has 3 rings (SSSR count). The first kappa shape index (κ1) is 25.9. The summed E-state index contributed by atoms with van der Waals surface area (Å²) in [5.74, 6) is -1.41. The Balaban J connectivity index is 1.61. The van der Waals surface area contributed by atoms with Gasteiger partial charge < -0.3 is 14.8 Å². The largest absolute Gasteiger partial charge is 0.489 e. The van der Waals surface area contributed by atoms with Gasteiger partial charge in [-0.1, -0.05) is 35.3 Å². The molecule has 182 valence electrons. The molecule has 0 spiro atoms. The highest BCUT2D eigenvalue weighted by Gasteiger charge is 2.28. The number of nitrogens with one attached hydrogen (secondary N) is 1. The van der Waals surface area contributed by atoms with Crippen LogP contribution in [0.4, 0.5) is 4.39 Å². The molecule has 1 fully saturated rings. The Labute approximate surface area is 207 Å². The molecule has 7 nitrogen and oxygen atoms in total. The predicted molar refractivity (Wildman–Crippen MR) is 125 cm³/mol. The molecule has 1 aliphatic heterocycles. The third-order valence-electron chi connectivity index (χ3n) is 5.30. The minimum absolute atomic E-state index is 0.00490. The number of esters is 1. The van der Waals surface area contributed by atoms with E-state index in [1.165, 1.54) is 12.1 Å². The van der Waals surface area contributed by atoms with E-state index in [4.69, 9.17) is 32.7 Å². The summed E-state index contributed by atoms with van der Waals surface area (Å²) in [6.07, 6.45) is 0.464. The van der Waals surface area contributed by atoms with Crippen molar-refractivity contribution in [1.82, 2.24) is 10.2 Å². The fourth-order valence-corrected chi connectivity index (χ4v) is 3.86. The van der Waals surface area contributed by atoms with E-state index in [0.29, 0.717) is 15.6 Å². The quantitative estimate of drug-likeness (QED) is 0.355. The molecular weight excluding hydrogens is 486 g/mol. The van der Waals surface area contributed by atoms with Gasteiger partial charge >= 0.3 is 5.97 Å². The summed E-state index contributed by atoms with van der Waals surface area (Å²) in [6, 6.07) is 9.15. The Morgan fingerprint density at radius 3 is 2.50 bits per heavy atom. The second-order valence-electron chi connectivity index (χ2n) is 7.67. The number of hydrogen-bond acceptors (Lipinski definition) is 6. The Morgan fingerprint density at radius 1 is 1.12 bits per heavy atom. The maximum Gasteiger partial charge on any atom is 0.307 e. The van der Waals surface area contributed by atoms with E-state index in [2.05, 4.69) is 5.32 Å². The Morgan fingerprint density at radius 2 is 1.85 bits per heavy atom. The van der Waals surface area contributed by atoms with Crippen LogP contribution in [0.2, 0.25) is 10.0 Å². The molecule has 2 amide bonds. The Bertz CT molecular complexity index is 1050. The standard InChI is InChI=1S/C24H25Cl2FN2O5/c1-2-33-24(32)13-20(16-4-5-17(25)18(26)12-16)28-14-15-3-6-21(19(27)11-15)34-10-9-29-22(30)7-8-23(29)31/h3-6,11-12,20,28H,2,7-10,13-14H2,1H3. The minimum Gasteiger partial charge on any atom is -0.489 e. The van der Waals surface area contributed by atoms with Gasteiger partial charge in [0, 0.05) is 25.4 Å². The van der Waals surface area contributed by atoms with E-state index in [0.717, 1.165) is 10.5 Å². The highest BCUT2D eigenvalue weighted by molar-refractivity contribution is 6.42. The lowest BCUT2D eigenvalue weighted by Gasteiger charge is -2.19. The van der Waals surface area contributed by atoms with E-state index in [9.17, 15) is 18.8 Å². The van der Waals surface area contributed by atoms with Crippen LogP contribution in [0.5, 0.6) is 5.75 Å². The normalized spacial score (nSPS) is 14.4. The molecule has 0 aromatic heterocycles. The zero-order valence-corrected chi connectivity index (χ0v) is 20.1. The summed E-state index contributed by atoms with van der Waals surface area (Å²) >= 11 is 12.1. The zero-order valence-electron chi connectivity index (χ0n) is 18.6. The number of amides is 2. The van der Waals surface area contributed by atoms with Crippen molar-refractivity contribution in [1.29, 1.82) is 0 Å². The molecule has 1 aliphatic rings. The van der Waals surface area contributed by atoms with Crippen LogP contribution in [0.25, 0.3) is 0 Å². The van der Waals surface area contributed by atoms with Gasteiger partial charge in [0.2, 0.25) is 11.8 Å². The number of benzene rings is 2.